The lowest BCUT2D eigenvalue weighted by atomic mass is 10.0. The first-order valence-electron chi connectivity index (χ1n) is 5.22. The van der Waals surface area contributed by atoms with E-state index in [1.807, 2.05) is 13.8 Å². The second-order valence-corrected chi connectivity index (χ2v) is 7.11. The molecule has 1 amide bonds. The summed E-state index contributed by atoms with van der Waals surface area (Å²) in [7, 11) is 0. The number of thioether (sulfide) groups is 1. The minimum atomic E-state index is -0.315. The van der Waals surface area contributed by atoms with Crippen LogP contribution in [0.1, 0.15) is 41.0 Å². The van der Waals surface area contributed by atoms with Crippen LogP contribution in [-0.4, -0.2) is 33.7 Å². The van der Waals surface area contributed by atoms with Crippen LogP contribution in [0.3, 0.4) is 0 Å². The zero-order valence-electron chi connectivity index (χ0n) is 10.4. The van der Waals surface area contributed by atoms with E-state index in [2.05, 4.69) is 26.1 Å². The Balaban J connectivity index is 3.93. The molecule has 0 rings (SSSR count). The quantitative estimate of drug-likeness (QED) is 0.761. The fraction of sp³-hybridized carbons (Fsp3) is 0.909. The van der Waals surface area contributed by atoms with Crippen molar-refractivity contribution in [1.29, 1.82) is 0 Å². The summed E-state index contributed by atoms with van der Waals surface area (Å²) in [6.45, 7) is 10.2. The van der Waals surface area contributed by atoms with Gasteiger partial charge in [-0.15, -0.1) is 11.8 Å². The van der Waals surface area contributed by atoms with Crippen LogP contribution in [-0.2, 0) is 4.79 Å². The number of rotatable bonds is 5. The first kappa shape index (κ1) is 14.8. The molecule has 4 heteroatoms. The lowest BCUT2D eigenvalue weighted by molar-refractivity contribution is -0.120. The number of carbonyl (C=O) groups is 1. The van der Waals surface area contributed by atoms with Crippen molar-refractivity contribution in [2.75, 3.05) is 12.4 Å². The molecule has 90 valence electrons. The Morgan fingerprint density at radius 2 is 1.80 bits per heavy atom. The number of nitrogens with one attached hydrogen (secondary N) is 1. The SMILES string of the molecule is CC(C)(CCO)NC(=O)CSC(C)(C)C. The smallest absolute Gasteiger partial charge is 0.230 e. The van der Waals surface area contributed by atoms with Gasteiger partial charge in [0, 0.05) is 16.9 Å². The molecule has 2 N–H and O–H groups in total. The number of aliphatic hydroxyl groups excluding tert-OH is 1. The van der Waals surface area contributed by atoms with E-state index in [1.165, 1.54) is 0 Å². The third-order valence-electron chi connectivity index (χ3n) is 1.85. The van der Waals surface area contributed by atoms with Crippen LogP contribution < -0.4 is 5.32 Å². The first-order valence-corrected chi connectivity index (χ1v) is 6.21. The lowest BCUT2D eigenvalue weighted by Gasteiger charge is -2.26. The number of hydrogen-bond acceptors (Lipinski definition) is 3. The number of carbonyl (C=O) groups excluding carboxylic acids is 1. The number of amides is 1. The van der Waals surface area contributed by atoms with Gasteiger partial charge in [-0.3, -0.25) is 4.79 Å². The Bertz CT molecular complexity index is 209. The van der Waals surface area contributed by atoms with Crippen molar-refractivity contribution in [2.24, 2.45) is 0 Å². The van der Waals surface area contributed by atoms with E-state index < -0.39 is 0 Å². The van der Waals surface area contributed by atoms with Crippen LogP contribution in [0.5, 0.6) is 0 Å². The van der Waals surface area contributed by atoms with Gasteiger partial charge in [-0.05, 0) is 20.3 Å². The van der Waals surface area contributed by atoms with Gasteiger partial charge in [0.1, 0.15) is 0 Å². The van der Waals surface area contributed by atoms with Crippen LogP contribution in [0.15, 0.2) is 0 Å². The van der Waals surface area contributed by atoms with Crippen molar-refractivity contribution in [3.8, 4) is 0 Å². The summed E-state index contributed by atoms with van der Waals surface area (Å²) in [5.41, 5.74) is -0.315. The average Bonchev–Trinajstić information content (AvgIpc) is 1.98. The van der Waals surface area contributed by atoms with Crippen molar-refractivity contribution < 1.29 is 9.90 Å². The number of aliphatic hydroxyl groups is 1. The zero-order chi connectivity index (χ0) is 12.1. The Morgan fingerprint density at radius 3 is 2.20 bits per heavy atom. The highest BCUT2D eigenvalue weighted by Gasteiger charge is 2.21. The highest BCUT2D eigenvalue weighted by molar-refractivity contribution is 8.01. The molecule has 0 fully saturated rings. The van der Waals surface area contributed by atoms with Gasteiger partial charge in [-0.2, -0.15) is 0 Å². The van der Waals surface area contributed by atoms with E-state index in [9.17, 15) is 4.79 Å². The highest BCUT2D eigenvalue weighted by atomic mass is 32.2. The van der Waals surface area contributed by atoms with Crippen molar-refractivity contribution in [2.45, 2.75) is 51.3 Å². The molecule has 0 spiro atoms. The molecular formula is C11H23NO2S. The van der Waals surface area contributed by atoms with Gasteiger partial charge in [0.25, 0.3) is 0 Å². The molecule has 0 unspecified atom stereocenters. The maximum Gasteiger partial charge on any atom is 0.230 e. The molecule has 0 aliphatic heterocycles. The molecule has 0 heterocycles. The van der Waals surface area contributed by atoms with Crippen molar-refractivity contribution in [3.63, 3.8) is 0 Å². The van der Waals surface area contributed by atoms with Gasteiger partial charge in [0.05, 0.1) is 5.75 Å². The van der Waals surface area contributed by atoms with Crippen LogP contribution >= 0.6 is 11.8 Å². The fourth-order valence-corrected chi connectivity index (χ4v) is 1.67. The lowest BCUT2D eigenvalue weighted by Crippen LogP contribution is -2.45. The van der Waals surface area contributed by atoms with Crippen LogP contribution in [0.2, 0.25) is 0 Å². The normalized spacial score (nSPS) is 12.7. The summed E-state index contributed by atoms with van der Waals surface area (Å²) >= 11 is 1.63. The van der Waals surface area contributed by atoms with Gasteiger partial charge in [-0.1, -0.05) is 20.8 Å². The van der Waals surface area contributed by atoms with E-state index >= 15 is 0 Å². The predicted octanol–water partition coefficient (Wildman–Crippen LogP) is 1.80. The molecule has 0 saturated carbocycles. The fourth-order valence-electron chi connectivity index (χ4n) is 1.04. The summed E-state index contributed by atoms with van der Waals surface area (Å²) in [6, 6.07) is 0. The van der Waals surface area contributed by atoms with Crippen LogP contribution in [0.4, 0.5) is 0 Å². The van der Waals surface area contributed by atoms with Crippen molar-refractivity contribution in [3.05, 3.63) is 0 Å². The molecule has 0 aliphatic rings. The highest BCUT2D eigenvalue weighted by Crippen LogP contribution is 2.22. The Labute approximate surface area is 97.0 Å². The summed E-state index contributed by atoms with van der Waals surface area (Å²) in [4.78, 5) is 11.6. The third kappa shape index (κ3) is 8.75. The Kier molecular flexibility index (Phi) is 5.67. The maximum atomic E-state index is 11.6. The number of hydrogen-bond donors (Lipinski definition) is 2. The molecule has 0 aromatic heterocycles. The molecule has 0 bridgehead atoms. The summed E-state index contributed by atoms with van der Waals surface area (Å²) in [5.74, 6) is 0.506. The molecule has 15 heavy (non-hydrogen) atoms. The zero-order valence-corrected chi connectivity index (χ0v) is 11.2. The second kappa shape index (κ2) is 5.75. The van der Waals surface area contributed by atoms with E-state index in [4.69, 9.17) is 5.11 Å². The minimum absolute atomic E-state index is 0.0355. The molecule has 3 nitrogen and oxygen atoms in total. The van der Waals surface area contributed by atoms with Crippen LogP contribution in [0, 0.1) is 0 Å². The van der Waals surface area contributed by atoms with E-state index in [-0.39, 0.29) is 22.8 Å². The van der Waals surface area contributed by atoms with Gasteiger partial charge < -0.3 is 10.4 Å². The van der Waals surface area contributed by atoms with E-state index in [1.54, 1.807) is 11.8 Å². The second-order valence-electron chi connectivity index (χ2n) is 5.31. The standard InChI is InChI=1S/C11H23NO2S/c1-10(2,3)15-8-9(14)12-11(4,5)6-7-13/h13H,6-8H2,1-5H3,(H,12,14). The monoisotopic (exact) mass is 233 g/mol. The van der Waals surface area contributed by atoms with Crippen molar-refractivity contribution >= 4 is 17.7 Å². The predicted molar refractivity (Wildman–Crippen MR) is 66.1 cm³/mol. The van der Waals surface area contributed by atoms with Crippen LogP contribution in [0.25, 0.3) is 0 Å². The van der Waals surface area contributed by atoms with Gasteiger partial charge in [-0.25, -0.2) is 0 Å². The van der Waals surface area contributed by atoms with Gasteiger partial charge in [0.2, 0.25) is 5.91 Å². The van der Waals surface area contributed by atoms with Gasteiger partial charge >= 0.3 is 0 Å². The van der Waals surface area contributed by atoms with E-state index in [0.717, 1.165) is 0 Å². The maximum absolute atomic E-state index is 11.6. The molecule has 0 aromatic rings. The summed E-state index contributed by atoms with van der Waals surface area (Å²) in [6.07, 6.45) is 0.582. The molecule has 0 aliphatic carbocycles. The largest absolute Gasteiger partial charge is 0.396 e. The average molecular weight is 233 g/mol. The molecule has 0 radical (unpaired) electrons. The first-order chi connectivity index (χ1) is 6.66. The van der Waals surface area contributed by atoms with E-state index in [0.29, 0.717) is 12.2 Å². The minimum Gasteiger partial charge on any atom is -0.396 e. The summed E-state index contributed by atoms with van der Waals surface area (Å²) in [5, 5.41) is 11.7. The van der Waals surface area contributed by atoms with Crippen molar-refractivity contribution in [1.82, 2.24) is 5.32 Å². The molecule has 0 saturated heterocycles. The Morgan fingerprint density at radius 1 is 1.27 bits per heavy atom. The molecule has 0 atom stereocenters. The topological polar surface area (TPSA) is 49.3 Å². The summed E-state index contributed by atoms with van der Waals surface area (Å²) < 4.78 is 0.110. The third-order valence-corrected chi connectivity index (χ3v) is 3.12. The molecular weight excluding hydrogens is 210 g/mol. The molecule has 0 aromatic carbocycles. The van der Waals surface area contributed by atoms with Gasteiger partial charge in [0.15, 0.2) is 0 Å². The Hall–Kier alpha value is -0.220.